The third-order valence-corrected chi connectivity index (χ3v) is 2.65. The smallest absolute Gasteiger partial charge is 0.257 e. The van der Waals surface area contributed by atoms with Crippen LogP contribution in [-0.4, -0.2) is 50.6 Å². The molecule has 0 heterocycles. The van der Waals surface area contributed by atoms with Crippen molar-refractivity contribution < 1.29 is 23.1 Å². The van der Waals surface area contributed by atoms with E-state index in [0.29, 0.717) is 13.2 Å². The highest BCUT2D eigenvalue weighted by Gasteiger charge is 2.21. The number of nitrogens with two attached hydrogens (primary N) is 1. The molecule has 0 radical (unpaired) electrons. The maximum absolute atomic E-state index is 13.7. The van der Waals surface area contributed by atoms with Crippen LogP contribution < -0.4 is 11.1 Å². The van der Waals surface area contributed by atoms with Gasteiger partial charge in [-0.1, -0.05) is 0 Å². The van der Waals surface area contributed by atoms with Gasteiger partial charge >= 0.3 is 0 Å². The summed E-state index contributed by atoms with van der Waals surface area (Å²) in [5.41, 5.74) is 4.29. The Kier molecular flexibility index (Phi) is 6.04. The van der Waals surface area contributed by atoms with E-state index < -0.39 is 34.7 Å². The Morgan fingerprint density at radius 2 is 2.05 bits per heavy atom. The van der Waals surface area contributed by atoms with Crippen LogP contribution in [0.1, 0.15) is 10.4 Å². The summed E-state index contributed by atoms with van der Waals surface area (Å²) in [5, 5.41) is 2.51. The van der Waals surface area contributed by atoms with Gasteiger partial charge in [-0.05, 0) is 12.1 Å². The zero-order valence-electron chi connectivity index (χ0n) is 11.8. The second kappa shape index (κ2) is 7.53. The number of likely N-dealkylation sites (N-methyl/N-ethyl adjacent to an activating group) is 1. The Morgan fingerprint density at radius 3 is 2.67 bits per heavy atom. The van der Waals surface area contributed by atoms with Crippen LogP contribution in [-0.2, 0) is 9.53 Å². The maximum Gasteiger partial charge on any atom is 0.257 e. The average molecular weight is 301 g/mol. The first-order valence-electron chi connectivity index (χ1n) is 6.12. The molecule has 0 fully saturated rings. The average Bonchev–Trinajstić information content (AvgIpc) is 2.42. The van der Waals surface area contributed by atoms with E-state index in [-0.39, 0.29) is 6.54 Å². The first-order valence-corrected chi connectivity index (χ1v) is 6.12. The maximum atomic E-state index is 13.7. The molecule has 21 heavy (non-hydrogen) atoms. The summed E-state index contributed by atoms with van der Waals surface area (Å²) in [6.07, 6.45) is 0. The van der Waals surface area contributed by atoms with E-state index in [1.165, 1.54) is 14.2 Å². The first-order chi connectivity index (χ1) is 9.86. The fourth-order valence-corrected chi connectivity index (χ4v) is 1.61. The molecule has 6 nitrogen and oxygen atoms in total. The number of nitrogens with one attached hydrogen (secondary N) is 1. The van der Waals surface area contributed by atoms with Crippen molar-refractivity contribution in [3.63, 3.8) is 0 Å². The van der Waals surface area contributed by atoms with Crippen molar-refractivity contribution in [1.29, 1.82) is 0 Å². The second-order valence-electron chi connectivity index (χ2n) is 4.36. The van der Waals surface area contributed by atoms with Gasteiger partial charge in [0.05, 0.1) is 24.4 Å². The van der Waals surface area contributed by atoms with Crippen LogP contribution in [0.5, 0.6) is 0 Å². The number of amides is 2. The molecule has 1 rings (SSSR count). The lowest BCUT2D eigenvalue weighted by molar-refractivity contribution is -0.121. The lowest BCUT2D eigenvalue weighted by Crippen LogP contribution is -2.39. The van der Waals surface area contributed by atoms with Crippen molar-refractivity contribution >= 4 is 17.5 Å². The lowest BCUT2D eigenvalue weighted by Gasteiger charge is -2.17. The second-order valence-corrected chi connectivity index (χ2v) is 4.36. The Hall–Kier alpha value is -2.22. The molecule has 0 saturated carbocycles. The third kappa shape index (κ3) is 4.67. The Morgan fingerprint density at radius 1 is 1.38 bits per heavy atom. The summed E-state index contributed by atoms with van der Waals surface area (Å²) in [6.45, 7) is 0.329. The zero-order valence-corrected chi connectivity index (χ0v) is 11.8. The van der Waals surface area contributed by atoms with Gasteiger partial charge in [-0.15, -0.1) is 0 Å². The predicted octanol–water partition coefficient (Wildman–Crippen LogP) is 0.382. The lowest BCUT2D eigenvalue weighted by atomic mass is 10.1. The van der Waals surface area contributed by atoms with E-state index in [2.05, 4.69) is 5.32 Å². The Balaban J connectivity index is 2.73. The van der Waals surface area contributed by atoms with Crippen molar-refractivity contribution in [1.82, 2.24) is 10.2 Å². The van der Waals surface area contributed by atoms with E-state index in [1.54, 1.807) is 0 Å². The van der Waals surface area contributed by atoms with Crippen LogP contribution in [0.2, 0.25) is 0 Å². The quantitative estimate of drug-likeness (QED) is 0.588. The highest BCUT2D eigenvalue weighted by atomic mass is 19.1. The molecule has 0 aliphatic heterocycles. The molecule has 3 N–H and O–H groups in total. The van der Waals surface area contributed by atoms with Gasteiger partial charge in [0.1, 0.15) is 5.82 Å². The minimum absolute atomic E-state index is 0.290. The molecular weight excluding hydrogens is 284 g/mol. The number of methoxy groups -OCH3 is 1. The number of ether oxygens (including phenoxy) is 1. The Bertz CT molecular complexity index is 538. The normalized spacial score (nSPS) is 10.3. The predicted molar refractivity (Wildman–Crippen MR) is 72.6 cm³/mol. The van der Waals surface area contributed by atoms with E-state index in [4.69, 9.17) is 10.5 Å². The summed E-state index contributed by atoms with van der Waals surface area (Å²) >= 11 is 0. The van der Waals surface area contributed by atoms with Crippen LogP contribution in [0, 0.1) is 11.6 Å². The number of hydrogen-bond acceptors (Lipinski definition) is 4. The van der Waals surface area contributed by atoms with Crippen molar-refractivity contribution in [3.8, 4) is 0 Å². The molecule has 0 spiro atoms. The van der Waals surface area contributed by atoms with Gasteiger partial charge in [-0.2, -0.15) is 0 Å². The number of anilines is 1. The third-order valence-electron chi connectivity index (χ3n) is 2.65. The fourth-order valence-electron chi connectivity index (χ4n) is 1.61. The van der Waals surface area contributed by atoms with Gasteiger partial charge in [0.15, 0.2) is 5.82 Å². The molecular formula is C13H17F2N3O3. The van der Waals surface area contributed by atoms with E-state index in [1.807, 2.05) is 0 Å². The SMILES string of the molecule is COCCNC(=O)CN(C)C(=O)c1cc(F)cc(N)c1F. The van der Waals surface area contributed by atoms with E-state index >= 15 is 0 Å². The number of halogens is 2. The largest absolute Gasteiger partial charge is 0.396 e. The number of hydrogen-bond donors (Lipinski definition) is 2. The molecule has 0 aliphatic carbocycles. The number of carbonyl (C=O) groups excluding carboxylic acids is 2. The van der Waals surface area contributed by atoms with Gasteiger partial charge in [0.2, 0.25) is 5.91 Å². The van der Waals surface area contributed by atoms with Crippen LogP contribution in [0.15, 0.2) is 12.1 Å². The molecule has 2 amide bonds. The fraction of sp³-hybridized carbons (Fsp3) is 0.385. The molecule has 0 aliphatic rings. The standard InChI is InChI=1S/C13H17F2N3O3/c1-18(7-11(19)17-3-4-21-2)13(20)9-5-8(14)6-10(16)12(9)15/h5-6H,3-4,7,16H2,1-2H3,(H,17,19). The van der Waals surface area contributed by atoms with Crippen molar-refractivity contribution in [2.75, 3.05) is 39.6 Å². The minimum atomic E-state index is -1.01. The zero-order chi connectivity index (χ0) is 16.0. The molecule has 0 aromatic heterocycles. The summed E-state index contributed by atoms with van der Waals surface area (Å²) < 4.78 is 31.7. The van der Waals surface area contributed by atoms with Crippen molar-refractivity contribution in [3.05, 3.63) is 29.3 Å². The summed E-state index contributed by atoms with van der Waals surface area (Å²) in [4.78, 5) is 24.5. The number of carbonyl (C=O) groups is 2. The number of rotatable bonds is 6. The highest BCUT2D eigenvalue weighted by Crippen LogP contribution is 2.18. The van der Waals surface area contributed by atoms with Crippen LogP contribution in [0.4, 0.5) is 14.5 Å². The van der Waals surface area contributed by atoms with Gasteiger partial charge in [0.25, 0.3) is 5.91 Å². The van der Waals surface area contributed by atoms with Crippen LogP contribution in [0.25, 0.3) is 0 Å². The molecule has 0 saturated heterocycles. The molecule has 0 bridgehead atoms. The Labute approximate surface area is 120 Å². The summed E-state index contributed by atoms with van der Waals surface area (Å²) in [5.74, 6) is -3.10. The number of nitrogens with zero attached hydrogens (tertiary/aromatic N) is 1. The van der Waals surface area contributed by atoms with Gasteiger partial charge in [-0.3, -0.25) is 9.59 Å². The highest BCUT2D eigenvalue weighted by molar-refractivity contribution is 5.97. The number of nitrogen functional groups attached to an aromatic ring is 1. The molecule has 1 aromatic carbocycles. The summed E-state index contributed by atoms with van der Waals surface area (Å²) in [6, 6.07) is 1.52. The van der Waals surface area contributed by atoms with Gasteiger partial charge in [0, 0.05) is 20.7 Å². The van der Waals surface area contributed by atoms with Crippen molar-refractivity contribution in [2.24, 2.45) is 0 Å². The van der Waals surface area contributed by atoms with E-state index in [0.717, 1.165) is 17.0 Å². The van der Waals surface area contributed by atoms with Gasteiger partial charge in [-0.25, -0.2) is 8.78 Å². The first kappa shape index (κ1) is 16.8. The van der Waals surface area contributed by atoms with Crippen LogP contribution >= 0.6 is 0 Å². The molecule has 116 valence electrons. The monoisotopic (exact) mass is 301 g/mol. The molecule has 0 unspecified atom stereocenters. The molecule has 8 heteroatoms. The van der Waals surface area contributed by atoms with Gasteiger partial charge < -0.3 is 20.7 Å². The molecule has 1 aromatic rings. The summed E-state index contributed by atoms with van der Waals surface area (Å²) in [7, 11) is 2.79. The number of benzene rings is 1. The van der Waals surface area contributed by atoms with E-state index in [9.17, 15) is 18.4 Å². The van der Waals surface area contributed by atoms with Crippen LogP contribution in [0.3, 0.4) is 0 Å². The topological polar surface area (TPSA) is 84.7 Å². The molecule has 0 atom stereocenters. The minimum Gasteiger partial charge on any atom is -0.396 e. The van der Waals surface area contributed by atoms with Crippen molar-refractivity contribution in [2.45, 2.75) is 0 Å².